The molecule has 2 N–H and O–H groups in total. The lowest BCUT2D eigenvalue weighted by Gasteiger charge is -2.18. The fourth-order valence-electron chi connectivity index (χ4n) is 2.37. The third-order valence-corrected chi connectivity index (χ3v) is 4.78. The third-order valence-electron chi connectivity index (χ3n) is 3.65. The molecule has 0 aliphatic carbocycles. The summed E-state index contributed by atoms with van der Waals surface area (Å²) < 4.78 is 28.7. The molecule has 0 aliphatic heterocycles. The Labute approximate surface area is 154 Å². The van der Waals surface area contributed by atoms with Gasteiger partial charge >= 0.3 is 6.03 Å². The lowest BCUT2D eigenvalue weighted by molar-refractivity contribution is 0.241. The first kappa shape index (κ1) is 19.8. The molecule has 0 saturated heterocycles. The maximum atomic E-state index is 12.3. The molecule has 2 aromatic rings. The van der Waals surface area contributed by atoms with Gasteiger partial charge in [-0.25, -0.2) is 13.2 Å². The number of urea groups is 1. The lowest BCUT2D eigenvalue weighted by atomic mass is 10.1. The first-order valence-electron chi connectivity index (χ1n) is 8.30. The minimum atomic E-state index is -3.24. The molecule has 0 spiro atoms. The lowest BCUT2D eigenvalue weighted by Crippen LogP contribution is -2.31. The van der Waals surface area contributed by atoms with Gasteiger partial charge in [-0.3, -0.25) is 0 Å². The van der Waals surface area contributed by atoms with Crippen LogP contribution in [0.2, 0.25) is 0 Å². The molecule has 1 unspecified atom stereocenters. The van der Waals surface area contributed by atoms with Gasteiger partial charge in [0.05, 0.1) is 22.7 Å². The van der Waals surface area contributed by atoms with Crippen LogP contribution in [0.3, 0.4) is 0 Å². The van der Waals surface area contributed by atoms with E-state index in [1.165, 1.54) is 12.1 Å². The van der Waals surface area contributed by atoms with E-state index in [1.54, 1.807) is 24.3 Å². The normalized spacial score (nSPS) is 12.5. The van der Waals surface area contributed by atoms with Gasteiger partial charge in [0.25, 0.3) is 0 Å². The number of sulfone groups is 1. The van der Waals surface area contributed by atoms with Gasteiger partial charge < -0.3 is 15.4 Å². The molecule has 0 radical (unpaired) electrons. The number of nitrogens with one attached hydrogen (secondary N) is 2. The number of anilines is 1. The van der Waals surface area contributed by atoms with Crippen LogP contribution < -0.4 is 15.4 Å². The molecule has 0 aromatic heterocycles. The van der Waals surface area contributed by atoms with Crippen LogP contribution in [-0.4, -0.2) is 26.8 Å². The van der Waals surface area contributed by atoms with Crippen molar-refractivity contribution >= 4 is 21.6 Å². The second-order valence-corrected chi connectivity index (χ2v) is 8.34. The van der Waals surface area contributed by atoms with Crippen molar-refractivity contribution in [3.63, 3.8) is 0 Å². The fourth-order valence-corrected chi connectivity index (χ4v) is 3.00. The average Bonchev–Trinajstić information content (AvgIpc) is 2.55. The highest BCUT2D eigenvalue weighted by Gasteiger charge is 2.13. The maximum Gasteiger partial charge on any atom is 0.319 e. The number of para-hydroxylation sites is 2. The van der Waals surface area contributed by atoms with Crippen LogP contribution in [0.5, 0.6) is 5.75 Å². The van der Waals surface area contributed by atoms with E-state index in [1.807, 2.05) is 32.9 Å². The van der Waals surface area contributed by atoms with Crippen LogP contribution >= 0.6 is 0 Å². The van der Waals surface area contributed by atoms with E-state index in [9.17, 15) is 13.2 Å². The van der Waals surface area contributed by atoms with Crippen molar-refractivity contribution in [3.05, 3.63) is 54.1 Å². The number of hydrogen-bond acceptors (Lipinski definition) is 4. The molecule has 0 aliphatic rings. The number of benzene rings is 2. The summed E-state index contributed by atoms with van der Waals surface area (Å²) in [6.45, 7) is 5.66. The minimum absolute atomic E-state index is 0.00621. The molecular weight excluding hydrogens is 352 g/mol. The molecule has 2 amide bonds. The fraction of sp³-hybridized carbons (Fsp3) is 0.316. The van der Waals surface area contributed by atoms with Crippen LogP contribution in [0.4, 0.5) is 10.5 Å². The SMILES string of the molecule is CC(C)Oc1ccccc1NC(=O)NC(C)c1ccc(S(C)(=O)=O)cc1. The Bertz CT molecular complexity index is 861. The Morgan fingerprint density at radius 3 is 2.19 bits per heavy atom. The average molecular weight is 376 g/mol. The van der Waals surface area contributed by atoms with Crippen molar-refractivity contribution in [1.82, 2.24) is 5.32 Å². The van der Waals surface area contributed by atoms with Crippen molar-refractivity contribution < 1.29 is 17.9 Å². The van der Waals surface area contributed by atoms with Crippen LogP contribution in [0.25, 0.3) is 0 Å². The van der Waals surface area contributed by atoms with Crippen molar-refractivity contribution in [2.24, 2.45) is 0 Å². The van der Waals surface area contributed by atoms with Gasteiger partial charge in [-0.1, -0.05) is 24.3 Å². The summed E-state index contributed by atoms with van der Waals surface area (Å²) in [6, 6.07) is 13.0. The zero-order chi connectivity index (χ0) is 19.3. The van der Waals surface area contributed by atoms with E-state index in [2.05, 4.69) is 10.6 Å². The number of ether oxygens (including phenoxy) is 1. The zero-order valence-electron chi connectivity index (χ0n) is 15.3. The van der Waals surface area contributed by atoms with Crippen molar-refractivity contribution in [3.8, 4) is 5.75 Å². The number of carbonyl (C=O) groups is 1. The van der Waals surface area contributed by atoms with E-state index in [0.717, 1.165) is 11.8 Å². The zero-order valence-corrected chi connectivity index (χ0v) is 16.1. The number of rotatable bonds is 6. The Morgan fingerprint density at radius 2 is 1.62 bits per heavy atom. The third kappa shape index (κ3) is 5.49. The summed E-state index contributed by atoms with van der Waals surface area (Å²) >= 11 is 0. The number of amides is 2. The first-order valence-corrected chi connectivity index (χ1v) is 10.2. The van der Waals surface area contributed by atoms with Crippen molar-refractivity contribution in [2.75, 3.05) is 11.6 Å². The van der Waals surface area contributed by atoms with E-state index < -0.39 is 9.84 Å². The topological polar surface area (TPSA) is 84.5 Å². The van der Waals surface area contributed by atoms with Crippen LogP contribution in [-0.2, 0) is 9.84 Å². The van der Waals surface area contributed by atoms with Gasteiger partial charge in [0.2, 0.25) is 0 Å². The molecule has 2 aromatic carbocycles. The van der Waals surface area contributed by atoms with Crippen LogP contribution in [0, 0.1) is 0 Å². The molecule has 7 heteroatoms. The summed E-state index contributed by atoms with van der Waals surface area (Å²) in [4.78, 5) is 12.5. The molecule has 26 heavy (non-hydrogen) atoms. The monoisotopic (exact) mass is 376 g/mol. The predicted octanol–water partition coefficient (Wildman–Crippen LogP) is 3.76. The molecule has 0 saturated carbocycles. The largest absolute Gasteiger partial charge is 0.489 e. The van der Waals surface area contributed by atoms with Gasteiger partial charge in [-0.05, 0) is 50.6 Å². The maximum absolute atomic E-state index is 12.3. The van der Waals surface area contributed by atoms with Gasteiger partial charge in [-0.2, -0.15) is 0 Å². The smallest absolute Gasteiger partial charge is 0.319 e. The van der Waals surface area contributed by atoms with E-state index in [4.69, 9.17) is 4.74 Å². The van der Waals surface area contributed by atoms with Crippen LogP contribution in [0.1, 0.15) is 32.4 Å². The highest BCUT2D eigenvalue weighted by molar-refractivity contribution is 7.90. The summed E-state index contributed by atoms with van der Waals surface area (Å²) in [7, 11) is -3.24. The molecule has 1 atom stereocenters. The van der Waals surface area contributed by atoms with Gasteiger partial charge in [0.15, 0.2) is 9.84 Å². The summed E-state index contributed by atoms with van der Waals surface area (Å²) in [5.74, 6) is 0.600. The van der Waals surface area contributed by atoms with E-state index in [0.29, 0.717) is 11.4 Å². The Balaban J connectivity index is 2.04. The molecule has 0 bridgehead atoms. The van der Waals surface area contributed by atoms with Crippen molar-refractivity contribution in [1.29, 1.82) is 0 Å². The Kier molecular flexibility index (Phi) is 6.26. The molecular formula is C19H24N2O4S. The van der Waals surface area contributed by atoms with Crippen molar-refractivity contribution in [2.45, 2.75) is 37.8 Å². The minimum Gasteiger partial charge on any atom is -0.489 e. The van der Waals surface area contributed by atoms with Crippen LogP contribution in [0.15, 0.2) is 53.4 Å². The second kappa shape index (κ2) is 8.23. The second-order valence-electron chi connectivity index (χ2n) is 6.32. The number of hydrogen-bond donors (Lipinski definition) is 2. The van der Waals surface area contributed by atoms with Gasteiger partial charge in [-0.15, -0.1) is 0 Å². The predicted molar refractivity (Wildman–Crippen MR) is 102 cm³/mol. The van der Waals surface area contributed by atoms with Gasteiger partial charge in [0.1, 0.15) is 5.75 Å². The standard InChI is InChI=1S/C19H24N2O4S/c1-13(2)25-18-8-6-5-7-17(18)21-19(22)20-14(3)15-9-11-16(12-10-15)26(4,23)24/h5-14H,1-4H3,(H2,20,21,22). The summed E-state index contributed by atoms with van der Waals surface area (Å²) in [5.41, 5.74) is 1.39. The Hall–Kier alpha value is -2.54. The van der Waals surface area contributed by atoms with E-state index >= 15 is 0 Å². The molecule has 140 valence electrons. The Morgan fingerprint density at radius 1 is 1.00 bits per heavy atom. The summed E-state index contributed by atoms with van der Waals surface area (Å²) in [5, 5.41) is 5.61. The molecule has 2 rings (SSSR count). The van der Waals surface area contributed by atoms with E-state index in [-0.39, 0.29) is 23.1 Å². The first-order chi connectivity index (χ1) is 12.2. The highest BCUT2D eigenvalue weighted by atomic mass is 32.2. The molecule has 0 fully saturated rings. The molecule has 0 heterocycles. The quantitative estimate of drug-likeness (QED) is 0.804. The van der Waals surface area contributed by atoms with Gasteiger partial charge in [0, 0.05) is 6.26 Å². The number of carbonyl (C=O) groups excluding carboxylic acids is 1. The summed E-state index contributed by atoms with van der Waals surface area (Å²) in [6.07, 6.45) is 1.15. The highest BCUT2D eigenvalue weighted by Crippen LogP contribution is 2.25. The molecule has 6 nitrogen and oxygen atoms in total.